The number of piperazine rings is 1. The van der Waals surface area contributed by atoms with Crippen LogP contribution >= 0.6 is 0 Å². The molecule has 0 saturated carbocycles. The van der Waals surface area contributed by atoms with Gasteiger partial charge < -0.3 is 20.9 Å². The molecule has 1 aromatic heterocycles. The monoisotopic (exact) mass is 413 g/mol. The Morgan fingerprint density at radius 2 is 1.93 bits per heavy atom. The summed E-state index contributed by atoms with van der Waals surface area (Å²) in [4.78, 5) is 16.0. The van der Waals surface area contributed by atoms with Gasteiger partial charge in [-0.3, -0.25) is 4.90 Å². The zero-order chi connectivity index (χ0) is 20.8. The Kier molecular flexibility index (Phi) is 6.96. The van der Waals surface area contributed by atoms with Crippen LogP contribution in [0.4, 0.5) is 21.7 Å². The van der Waals surface area contributed by atoms with Gasteiger partial charge in [-0.15, -0.1) is 0 Å². The number of benzene rings is 1. The number of nitrogens with one attached hydrogen (secondary N) is 1. The number of aromatic nitrogens is 2. The predicted molar refractivity (Wildman–Crippen MR) is 120 cm³/mol. The van der Waals surface area contributed by atoms with E-state index >= 15 is 0 Å². The van der Waals surface area contributed by atoms with Gasteiger partial charge >= 0.3 is 0 Å². The fourth-order valence-electron chi connectivity index (χ4n) is 4.33. The lowest BCUT2D eigenvalue weighted by Crippen LogP contribution is -2.47. The molecule has 2 saturated heterocycles. The van der Waals surface area contributed by atoms with Crippen LogP contribution in [-0.2, 0) is 0 Å². The lowest BCUT2D eigenvalue weighted by molar-refractivity contribution is 0.256. The second-order valence-electron chi connectivity index (χ2n) is 8.14. The Balaban J connectivity index is 1.34. The van der Waals surface area contributed by atoms with E-state index in [9.17, 15) is 4.39 Å². The molecule has 0 amide bonds. The summed E-state index contributed by atoms with van der Waals surface area (Å²) in [5, 5.41) is 3.57. The first-order valence-corrected chi connectivity index (χ1v) is 11.0. The number of piperidine rings is 1. The van der Waals surface area contributed by atoms with Crippen molar-refractivity contribution in [2.45, 2.75) is 25.3 Å². The summed E-state index contributed by atoms with van der Waals surface area (Å²) in [7, 11) is 0. The second-order valence-corrected chi connectivity index (χ2v) is 8.14. The molecule has 8 heteroatoms. The molecule has 4 rings (SSSR count). The summed E-state index contributed by atoms with van der Waals surface area (Å²) in [5.74, 6) is 1.64. The molecule has 3 N–H and O–H groups in total. The molecule has 30 heavy (non-hydrogen) atoms. The summed E-state index contributed by atoms with van der Waals surface area (Å²) < 4.78 is 13.6. The minimum atomic E-state index is -0.189. The van der Waals surface area contributed by atoms with Crippen molar-refractivity contribution < 1.29 is 4.39 Å². The van der Waals surface area contributed by atoms with Gasteiger partial charge in [0.25, 0.3) is 0 Å². The molecule has 0 spiro atoms. The van der Waals surface area contributed by atoms with Gasteiger partial charge in [-0.05, 0) is 50.6 Å². The molecule has 1 atom stereocenters. The molecule has 0 unspecified atom stereocenters. The van der Waals surface area contributed by atoms with Crippen molar-refractivity contribution in [2.75, 3.05) is 67.5 Å². The second kappa shape index (κ2) is 10.0. The third-order valence-corrected chi connectivity index (χ3v) is 5.97. The first-order valence-electron chi connectivity index (χ1n) is 11.0. The van der Waals surface area contributed by atoms with Crippen molar-refractivity contribution in [1.82, 2.24) is 14.9 Å². The lowest BCUT2D eigenvalue weighted by atomic mass is 10.0. The normalized spacial score (nSPS) is 20.4. The number of halogens is 1. The van der Waals surface area contributed by atoms with Gasteiger partial charge in [0.2, 0.25) is 0 Å². The molecule has 7 nitrogen and oxygen atoms in total. The third-order valence-electron chi connectivity index (χ3n) is 5.97. The molecule has 0 aliphatic carbocycles. The Labute approximate surface area is 178 Å². The number of nitrogens with zero attached hydrogens (tertiary/aromatic N) is 5. The number of anilines is 3. The molecular weight excluding hydrogens is 381 g/mol. The highest BCUT2D eigenvalue weighted by Gasteiger charge is 2.22. The summed E-state index contributed by atoms with van der Waals surface area (Å²) >= 11 is 0. The van der Waals surface area contributed by atoms with Crippen molar-refractivity contribution in [3.05, 3.63) is 42.5 Å². The van der Waals surface area contributed by atoms with E-state index in [2.05, 4.69) is 36.1 Å². The van der Waals surface area contributed by atoms with Crippen LogP contribution < -0.4 is 20.9 Å². The minimum Gasteiger partial charge on any atom is -0.369 e. The Morgan fingerprint density at radius 1 is 1.07 bits per heavy atom. The van der Waals surface area contributed by atoms with Crippen molar-refractivity contribution in [2.24, 2.45) is 5.73 Å². The number of rotatable bonds is 7. The average molecular weight is 414 g/mol. The molecule has 2 fully saturated rings. The summed E-state index contributed by atoms with van der Waals surface area (Å²) in [6.45, 7) is 7.63. The van der Waals surface area contributed by atoms with Gasteiger partial charge in [0.1, 0.15) is 23.8 Å². The molecule has 2 aliphatic heterocycles. The van der Waals surface area contributed by atoms with E-state index in [4.69, 9.17) is 5.73 Å². The number of nitrogens with two attached hydrogens (primary N) is 1. The van der Waals surface area contributed by atoms with E-state index in [1.54, 1.807) is 18.5 Å². The van der Waals surface area contributed by atoms with Gasteiger partial charge in [0.05, 0.1) is 0 Å². The van der Waals surface area contributed by atoms with Crippen LogP contribution in [0.1, 0.15) is 19.3 Å². The molecule has 0 bridgehead atoms. The largest absolute Gasteiger partial charge is 0.369 e. The Hall–Kier alpha value is -2.45. The Bertz CT molecular complexity index is 810. The fourth-order valence-corrected chi connectivity index (χ4v) is 4.33. The number of hydrogen-bond acceptors (Lipinski definition) is 7. The van der Waals surface area contributed by atoms with Gasteiger partial charge in [-0.1, -0.05) is 6.07 Å². The highest BCUT2D eigenvalue weighted by molar-refractivity contribution is 5.51. The van der Waals surface area contributed by atoms with Crippen LogP contribution in [0.15, 0.2) is 36.7 Å². The first kappa shape index (κ1) is 20.8. The third kappa shape index (κ3) is 5.37. The zero-order valence-corrected chi connectivity index (χ0v) is 17.5. The van der Waals surface area contributed by atoms with Crippen molar-refractivity contribution in [3.63, 3.8) is 0 Å². The van der Waals surface area contributed by atoms with Crippen LogP contribution in [0.5, 0.6) is 0 Å². The van der Waals surface area contributed by atoms with Crippen LogP contribution in [0, 0.1) is 5.82 Å². The molecular formula is C22H32FN7. The van der Waals surface area contributed by atoms with Crippen molar-refractivity contribution in [1.29, 1.82) is 0 Å². The van der Waals surface area contributed by atoms with Gasteiger partial charge in [-0.2, -0.15) is 0 Å². The summed E-state index contributed by atoms with van der Waals surface area (Å²) in [6.07, 6.45) is 4.84. The highest BCUT2D eigenvalue weighted by atomic mass is 19.1. The lowest BCUT2D eigenvalue weighted by Gasteiger charge is -2.36. The topological polar surface area (TPSA) is 73.6 Å². The molecule has 2 aromatic rings. The maximum Gasteiger partial charge on any atom is 0.134 e. The summed E-state index contributed by atoms with van der Waals surface area (Å²) in [5.41, 5.74) is 6.57. The van der Waals surface area contributed by atoms with Crippen LogP contribution in [0.2, 0.25) is 0 Å². The van der Waals surface area contributed by atoms with E-state index in [1.165, 1.54) is 6.07 Å². The van der Waals surface area contributed by atoms with Gasteiger partial charge in [0, 0.05) is 57.1 Å². The molecule has 0 radical (unpaired) electrons. The van der Waals surface area contributed by atoms with Gasteiger partial charge in [0.15, 0.2) is 0 Å². The van der Waals surface area contributed by atoms with Gasteiger partial charge in [-0.25, -0.2) is 14.4 Å². The van der Waals surface area contributed by atoms with Crippen LogP contribution in [0.25, 0.3) is 0 Å². The Morgan fingerprint density at radius 3 is 2.73 bits per heavy atom. The smallest absolute Gasteiger partial charge is 0.134 e. The van der Waals surface area contributed by atoms with E-state index in [0.717, 1.165) is 88.9 Å². The fraction of sp³-hybridized carbons (Fsp3) is 0.545. The SMILES string of the molecule is NCCCN1CCN(c2cc(N[C@@H]3CCCN(c4cccc(F)c4)C3)ncn2)CC1. The van der Waals surface area contributed by atoms with E-state index in [1.807, 2.05) is 6.07 Å². The standard InChI is InChI=1S/C22H32FN7/c23-18-4-1-6-20(14-18)30-9-2-5-19(16-30)27-21-15-22(26-17-25-21)29-12-10-28(11-13-29)8-3-7-24/h1,4,6,14-15,17,19H,2-3,5,7-13,16,24H2,(H,25,26,27)/t19-/m1/s1. The van der Waals surface area contributed by atoms with E-state index in [-0.39, 0.29) is 11.9 Å². The molecule has 162 valence electrons. The van der Waals surface area contributed by atoms with E-state index in [0.29, 0.717) is 0 Å². The van der Waals surface area contributed by atoms with Crippen LogP contribution in [0.3, 0.4) is 0 Å². The predicted octanol–water partition coefficient (Wildman–Crippen LogP) is 2.17. The van der Waals surface area contributed by atoms with Crippen molar-refractivity contribution >= 4 is 17.3 Å². The highest BCUT2D eigenvalue weighted by Crippen LogP contribution is 2.23. The molecule has 1 aromatic carbocycles. The summed E-state index contributed by atoms with van der Waals surface area (Å²) in [6, 6.07) is 9.17. The van der Waals surface area contributed by atoms with E-state index < -0.39 is 0 Å². The van der Waals surface area contributed by atoms with Crippen molar-refractivity contribution in [3.8, 4) is 0 Å². The number of hydrogen-bond donors (Lipinski definition) is 2. The van der Waals surface area contributed by atoms with Crippen LogP contribution in [-0.4, -0.2) is 73.3 Å². The average Bonchev–Trinajstić information content (AvgIpc) is 2.78. The molecule has 2 aliphatic rings. The minimum absolute atomic E-state index is 0.189. The molecule has 3 heterocycles. The quantitative estimate of drug-likeness (QED) is 0.721. The zero-order valence-electron chi connectivity index (χ0n) is 17.5. The first-order chi connectivity index (χ1) is 14.7. The maximum atomic E-state index is 13.6. The maximum absolute atomic E-state index is 13.6.